The van der Waals surface area contributed by atoms with Gasteiger partial charge in [-0.2, -0.15) is 0 Å². The van der Waals surface area contributed by atoms with Gasteiger partial charge in [-0.3, -0.25) is 4.79 Å². The van der Waals surface area contributed by atoms with Crippen molar-refractivity contribution in [3.05, 3.63) is 82.1 Å². The van der Waals surface area contributed by atoms with Gasteiger partial charge in [-0.1, -0.05) is 36.4 Å². The summed E-state index contributed by atoms with van der Waals surface area (Å²) in [6.45, 7) is 5.93. The van der Waals surface area contributed by atoms with Crippen molar-refractivity contribution in [3.8, 4) is 5.75 Å². The SMILES string of the molecule is CCOC(=O)c1c(NC(=O)c2ccc(COc3cccc4ccccc34)o2)sc(C)c1C. The molecule has 0 bridgehead atoms. The van der Waals surface area contributed by atoms with Gasteiger partial charge in [-0.05, 0) is 49.9 Å². The van der Waals surface area contributed by atoms with Crippen molar-refractivity contribution in [1.29, 1.82) is 0 Å². The number of aryl methyl sites for hydroxylation is 1. The normalized spacial score (nSPS) is 10.8. The van der Waals surface area contributed by atoms with E-state index in [0.717, 1.165) is 27.0 Å². The Labute approximate surface area is 189 Å². The second-order valence-electron chi connectivity index (χ2n) is 7.19. The number of carbonyl (C=O) groups excluding carboxylic acids is 2. The number of ether oxygens (including phenoxy) is 2. The Morgan fingerprint density at radius 2 is 1.81 bits per heavy atom. The van der Waals surface area contributed by atoms with Crippen LogP contribution in [0.25, 0.3) is 10.8 Å². The van der Waals surface area contributed by atoms with Crippen LogP contribution in [0.5, 0.6) is 5.75 Å². The molecule has 2 heterocycles. The molecule has 2 aromatic heterocycles. The lowest BCUT2D eigenvalue weighted by Gasteiger charge is -2.08. The van der Waals surface area contributed by atoms with E-state index in [-0.39, 0.29) is 19.0 Å². The van der Waals surface area contributed by atoms with Crippen molar-refractivity contribution in [2.75, 3.05) is 11.9 Å². The number of amides is 1. The molecule has 0 fully saturated rings. The minimum absolute atomic E-state index is 0.139. The fourth-order valence-electron chi connectivity index (χ4n) is 3.38. The molecule has 32 heavy (non-hydrogen) atoms. The number of thiophene rings is 1. The number of benzene rings is 2. The molecule has 1 amide bonds. The molecule has 1 N–H and O–H groups in total. The fraction of sp³-hybridized carbons (Fsp3) is 0.200. The highest BCUT2D eigenvalue weighted by Crippen LogP contribution is 2.33. The molecule has 0 atom stereocenters. The maximum Gasteiger partial charge on any atom is 0.341 e. The predicted molar refractivity (Wildman–Crippen MR) is 125 cm³/mol. The molecule has 0 aliphatic heterocycles. The first-order valence-electron chi connectivity index (χ1n) is 10.3. The number of furan rings is 1. The summed E-state index contributed by atoms with van der Waals surface area (Å²) in [6, 6.07) is 17.1. The van der Waals surface area contributed by atoms with Crippen molar-refractivity contribution < 1.29 is 23.5 Å². The zero-order valence-corrected chi connectivity index (χ0v) is 18.9. The molecule has 0 unspecified atom stereocenters. The van der Waals surface area contributed by atoms with Gasteiger partial charge in [0.1, 0.15) is 23.1 Å². The summed E-state index contributed by atoms with van der Waals surface area (Å²) in [6.07, 6.45) is 0. The van der Waals surface area contributed by atoms with Crippen LogP contribution in [-0.4, -0.2) is 18.5 Å². The maximum atomic E-state index is 12.7. The van der Waals surface area contributed by atoms with E-state index in [9.17, 15) is 9.59 Å². The van der Waals surface area contributed by atoms with Crippen LogP contribution >= 0.6 is 11.3 Å². The summed E-state index contributed by atoms with van der Waals surface area (Å²) in [5, 5.41) is 5.33. The molecule has 0 aliphatic rings. The number of hydrogen-bond acceptors (Lipinski definition) is 6. The number of nitrogens with one attached hydrogen (secondary N) is 1. The van der Waals surface area contributed by atoms with E-state index >= 15 is 0 Å². The smallest absolute Gasteiger partial charge is 0.341 e. The first-order valence-corrected chi connectivity index (χ1v) is 11.1. The van der Waals surface area contributed by atoms with Gasteiger partial charge in [0.2, 0.25) is 0 Å². The lowest BCUT2D eigenvalue weighted by atomic mass is 10.1. The summed E-state index contributed by atoms with van der Waals surface area (Å²) in [5.41, 5.74) is 1.18. The van der Waals surface area contributed by atoms with Gasteiger partial charge in [0.25, 0.3) is 5.91 Å². The zero-order valence-electron chi connectivity index (χ0n) is 18.1. The molecule has 0 saturated carbocycles. The second kappa shape index (κ2) is 9.28. The molecule has 6 nitrogen and oxygen atoms in total. The van der Waals surface area contributed by atoms with E-state index in [1.165, 1.54) is 11.3 Å². The van der Waals surface area contributed by atoms with Crippen LogP contribution in [0.4, 0.5) is 5.00 Å². The first kappa shape index (κ1) is 21.6. The molecule has 2 aromatic carbocycles. The Morgan fingerprint density at radius 3 is 2.62 bits per heavy atom. The second-order valence-corrected chi connectivity index (χ2v) is 8.42. The van der Waals surface area contributed by atoms with Crippen LogP contribution in [0.3, 0.4) is 0 Å². The summed E-state index contributed by atoms with van der Waals surface area (Å²) in [5.74, 6) is 0.517. The predicted octanol–water partition coefficient (Wildman–Crippen LogP) is 6.12. The van der Waals surface area contributed by atoms with E-state index < -0.39 is 11.9 Å². The number of hydrogen-bond donors (Lipinski definition) is 1. The summed E-state index contributed by atoms with van der Waals surface area (Å²) in [7, 11) is 0. The molecule has 0 saturated heterocycles. The van der Waals surface area contributed by atoms with Crippen molar-refractivity contribution in [3.63, 3.8) is 0 Å². The third-order valence-corrected chi connectivity index (χ3v) is 6.22. The van der Waals surface area contributed by atoms with E-state index in [4.69, 9.17) is 13.9 Å². The average Bonchev–Trinajstić information content (AvgIpc) is 3.37. The van der Waals surface area contributed by atoms with E-state index in [2.05, 4.69) is 5.32 Å². The number of fused-ring (bicyclic) bond motifs is 1. The Bertz CT molecular complexity index is 1280. The number of rotatable bonds is 7. The Hall–Kier alpha value is -3.58. The average molecular weight is 450 g/mol. The molecular weight excluding hydrogens is 426 g/mol. The van der Waals surface area contributed by atoms with Crippen molar-refractivity contribution >= 4 is 39.0 Å². The van der Waals surface area contributed by atoms with Gasteiger partial charge in [-0.15, -0.1) is 11.3 Å². The number of carbonyl (C=O) groups is 2. The van der Waals surface area contributed by atoms with Crippen LogP contribution in [-0.2, 0) is 11.3 Å². The van der Waals surface area contributed by atoms with Crippen molar-refractivity contribution in [1.82, 2.24) is 0 Å². The van der Waals surface area contributed by atoms with Gasteiger partial charge in [0.15, 0.2) is 5.76 Å². The molecule has 7 heteroatoms. The molecule has 0 spiro atoms. The third kappa shape index (κ3) is 4.38. The Kier molecular flexibility index (Phi) is 6.28. The fourth-order valence-corrected chi connectivity index (χ4v) is 4.42. The van der Waals surface area contributed by atoms with Gasteiger partial charge >= 0.3 is 5.97 Å². The van der Waals surface area contributed by atoms with Crippen LogP contribution in [0.1, 0.15) is 44.0 Å². The van der Waals surface area contributed by atoms with Gasteiger partial charge in [0, 0.05) is 10.3 Å². The lowest BCUT2D eigenvalue weighted by Crippen LogP contribution is -2.14. The molecule has 0 aliphatic carbocycles. The quantitative estimate of drug-likeness (QED) is 0.344. The highest BCUT2D eigenvalue weighted by atomic mass is 32.1. The van der Waals surface area contributed by atoms with Gasteiger partial charge in [-0.25, -0.2) is 4.79 Å². The summed E-state index contributed by atoms with van der Waals surface area (Å²) >= 11 is 1.33. The Morgan fingerprint density at radius 1 is 1.03 bits per heavy atom. The topological polar surface area (TPSA) is 77.8 Å². The zero-order chi connectivity index (χ0) is 22.7. The standard InChI is InChI=1S/C25H23NO5S/c1-4-29-25(28)22-15(2)16(3)32-24(22)26-23(27)21-13-12-18(31-21)14-30-20-11-7-9-17-8-5-6-10-19(17)20/h5-13H,4,14H2,1-3H3,(H,26,27). The minimum Gasteiger partial charge on any atom is -0.485 e. The number of esters is 1. The van der Waals surface area contributed by atoms with E-state index in [0.29, 0.717) is 16.3 Å². The molecule has 4 rings (SSSR count). The van der Waals surface area contributed by atoms with Crippen LogP contribution in [0.15, 0.2) is 59.0 Å². The first-order chi connectivity index (χ1) is 15.5. The van der Waals surface area contributed by atoms with Crippen LogP contribution < -0.4 is 10.1 Å². The molecule has 4 aromatic rings. The molecule has 164 valence electrons. The molecular formula is C25H23NO5S. The van der Waals surface area contributed by atoms with Crippen molar-refractivity contribution in [2.45, 2.75) is 27.4 Å². The van der Waals surface area contributed by atoms with Crippen molar-refractivity contribution in [2.24, 2.45) is 0 Å². The van der Waals surface area contributed by atoms with Gasteiger partial charge in [0.05, 0.1) is 12.2 Å². The number of anilines is 1. The monoisotopic (exact) mass is 449 g/mol. The highest BCUT2D eigenvalue weighted by Gasteiger charge is 2.23. The summed E-state index contributed by atoms with van der Waals surface area (Å²) < 4.78 is 16.8. The van der Waals surface area contributed by atoms with Crippen LogP contribution in [0, 0.1) is 13.8 Å². The molecule has 0 radical (unpaired) electrons. The maximum absolute atomic E-state index is 12.7. The van der Waals surface area contributed by atoms with Gasteiger partial charge < -0.3 is 19.2 Å². The van der Waals surface area contributed by atoms with E-state index in [1.54, 1.807) is 19.1 Å². The Balaban J connectivity index is 1.47. The highest BCUT2D eigenvalue weighted by molar-refractivity contribution is 7.16. The summed E-state index contributed by atoms with van der Waals surface area (Å²) in [4.78, 5) is 26.0. The minimum atomic E-state index is -0.451. The largest absolute Gasteiger partial charge is 0.485 e. The van der Waals surface area contributed by atoms with Crippen LogP contribution in [0.2, 0.25) is 0 Å². The lowest BCUT2D eigenvalue weighted by molar-refractivity contribution is 0.0527. The van der Waals surface area contributed by atoms with E-state index in [1.807, 2.05) is 56.3 Å². The third-order valence-electron chi connectivity index (χ3n) is 5.10.